The lowest BCUT2D eigenvalue weighted by molar-refractivity contribution is -0.140. The molecule has 0 bridgehead atoms. The van der Waals surface area contributed by atoms with Crippen LogP contribution in [0.5, 0.6) is 0 Å². The maximum atomic E-state index is 10.9. The molecule has 2 nitrogen and oxygen atoms in total. The molecule has 0 atom stereocenters. The highest BCUT2D eigenvalue weighted by atomic mass is 16.5. The van der Waals surface area contributed by atoms with Gasteiger partial charge in [0.25, 0.3) is 0 Å². The fraction of sp³-hybridized carbons (Fsp3) is 0.833. The van der Waals surface area contributed by atoms with Gasteiger partial charge in [0.15, 0.2) is 0 Å². The fourth-order valence-corrected chi connectivity index (χ4v) is 2.27. The molecule has 0 aliphatic heterocycles. The molecular weight excluding hydrogens is 248 g/mol. The first-order chi connectivity index (χ1) is 9.81. The van der Waals surface area contributed by atoms with E-state index in [0.717, 1.165) is 12.8 Å². The summed E-state index contributed by atoms with van der Waals surface area (Å²) >= 11 is 0. The molecule has 0 aromatic carbocycles. The molecule has 0 radical (unpaired) electrons. The zero-order valence-corrected chi connectivity index (χ0v) is 13.7. The van der Waals surface area contributed by atoms with Crippen molar-refractivity contribution in [1.82, 2.24) is 0 Å². The van der Waals surface area contributed by atoms with Gasteiger partial charge in [-0.15, -0.1) is 0 Å². The summed E-state index contributed by atoms with van der Waals surface area (Å²) in [6.45, 7) is 2.26. The number of hydrogen-bond acceptors (Lipinski definition) is 2. The molecule has 0 rings (SSSR count). The molecular formula is C18H34O2. The highest BCUT2D eigenvalue weighted by Crippen LogP contribution is 2.09. The van der Waals surface area contributed by atoms with Crippen LogP contribution < -0.4 is 0 Å². The van der Waals surface area contributed by atoms with Gasteiger partial charge in [0.1, 0.15) is 0 Å². The number of methoxy groups -OCH3 is 1. The van der Waals surface area contributed by atoms with Crippen molar-refractivity contribution in [2.24, 2.45) is 0 Å². The van der Waals surface area contributed by atoms with E-state index in [-0.39, 0.29) is 5.97 Å². The largest absolute Gasteiger partial charge is 0.469 e. The third kappa shape index (κ3) is 15.3. The quantitative estimate of drug-likeness (QED) is 0.228. The molecule has 0 spiro atoms. The van der Waals surface area contributed by atoms with E-state index in [1.165, 1.54) is 71.3 Å². The normalized spacial score (nSPS) is 11.1. The zero-order valence-electron chi connectivity index (χ0n) is 13.7. The van der Waals surface area contributed by atoms with Crippen molar-refractivity contribution in [3.05, 3.63) is 12.2 Å². The van der Waals surface area contributed by atoms with Crippen LogP contribution in [0.4, 0.5) is 0 Å². The number of carbonyl (C=O) groups excluding carboxylic acids is 1. The van der Waals surface area contributed by atoms with Crippen molar-refractivity contribution in [3.63, 3.8) is 0 Å². The predicted molar refractivity (Wildman–Crippen MR) is 86.9 cm³/mol. The van der Waals surface area contributed by atoms with E-state index in [9.17, 15) is 4.79 Å². The van der Waals surface area contributed by atoms with E-state index in [1.807, 2.05) is 0 Å². The van der Waals surface area contributed by atoms with E-state index in [0.29, 0.717) is 6.42 Å². The van der Waals surface area contributed by atoms with Gasteiger partial charge in [-0.3, -0.25) is 4.79 Å². The summed E-state index contributed by atoms with van der Waals surface area (Å²) in [5.41, 5.74) is 0. The average Bonchev–Trinajstić information content (AvgIpc) is 2.47. The Hall–Kier alpha value is -0.790. The Morgan fingerprint density at radius 2 is 1.30 bits per heavy atom. The van der Waals surface area contributed by atoms with Gasteiger partial charge in [0.05, 0.1) is 7.11 Å². The average molecular weight is 282 g/mol. The van der Waals surface area contributed by atoms with Gasteiger partial charge in [-0.05, 0) is 32.1 Å². The van der Waals surface area contributed by atoms with Crippen molar-refractivity contribution >= 4 is 5.97 Å². The Balaban J connectivity index is 3.10. The summed E-state index contributed by atoms with van der Waals surface area (Å²) < 4.78 is 4.62. The van der Waals surface area contributed by atoms with Crippen LogP contribution >= 0.6 is 0 Å². The van der Waals surface area contributed by atoms with E-state index in [4.69, 9.17) is 0 Å². The highest BCUT2D eigenvalue weighted by molar-refractivity contribution is 5.68. The van der Waals surface area contributed by atoms with Gasteiger partial charge in [0, 0.05) is 6.42 Å². The fourth-order valence-electron chi connectivity index (χ4n) is 2.27. The second-order valence-corrected chi connectivity index (χ2v) is 5.56. The first kappa shape index (κ1) is 19.2. The topological polar surface area (TPSA) is 26.3 Å². The van der Waals surface area contributed by atoms with Gasteiger partial charge < -0.3 is 4.74 Å². The zero-order chi connectivity index (χ0) is 14.9. The van der Waals surface area contributed by atoms with Gasteiger partial charge in [-0.25, -0.2) is 0 Å². The second kappa shape index (κ2) is 16.3. The molecule has 118 valence electrons. The minimum atomic E-state index is -0.0770. The molecule has 0 fully saturated rings. The number of carbonyl (C=O) groups is 1. The maximum Gasteiger partial charge on any atom is 0.305 e. The molecule has 0 aromatic rings. The van der Waals surface area contributed by atoms with Crippen LogP contribution in [-0.4, -0.2) is 13.1 Å². The Morgan fingerprint density at radius 1 is 0.800 bits per heavy atom. The molecule has 0 N–H and O–H groups in total. The summed E-state index contributed by atoms with van der Waals surface area (Å²) in [5.74, 6) is -0.0770. The van der Waals surface area contributed by atoms with Crippen molar-refractivity contribution in [3.8, 4) is 0 Å². The highest BCUT2D eigenvalue weighted by Gasteiger charge is 1.98. The van der Waals surface area contributed by atoms with Crippen molar-refractivity contribution in [1.29, 1.82) is 0 Å². The lowest BCUT2D eigenvalue weighted by Crippen LogP contribution is -1.98. The minimum absolute atomic E-state index is 0.0770. The molecule has 0 unspecified atom stereocenters. The van der Waals surface area contributed by atoms with E-state index < -0.39 is 0 Å². The van der Waals surface area contributed by atoms with Crippen molar-refractivity contribution < 1.29 is 9.53 Å². The van der Waals surface area contributed by atoms with Gasteiger partial charge in [0.2, 0.25) is 0 Å². The van der Waals surface area contributed by atoms with Crippen LogP contribution in [0.2, 0.25) is 0 Å². The van der Waals surface area contributed by atoms with E-state index in [2.05, 4.69) is 23.8 Å². The van der Waals surface area contributed by atoms with Gasteiger partial charge >= 0.3 is 5.97 Å². The minimum Gasteiger partial charge on any atom is -0.469 e. The Labute approximate surface area is 126 Å². The van der Waals surface area contributed by atoms with Crippen LogP contribution in [0.15, 0.2) is 12.2 Å². The number of unbranched alkanes of at least 4 members (excludes halogenated alkanes) is 10. The van der Waals surface area contributed by atoms with Crippen molar-refractivity contribution in [2.45, 2.75) is 90.4 Å². The van der Waals surface area contributed by atoms with Crippen LogP contribution in [-0.2, 0) is 9.53 Å². The Morgan fingerprint density at radius 3 is 1.85 bits per heavy atom. The van der Waals surface area contributed by atoms with Gasteiger partial charge in [-0.1, -0.05) is 64.0 Å². The third-order valence-corrected chi connectivity index (χ3v) is 3.62. The number of rotatable bonds is 14. The van der Waals surface area contributed by atoms with E-state index >= 15 is 0 Å². The third-order valence-electron chi connectivity index (χ3n) is 3.62. The summed E-state index contributed by atoms with van der Waals surface area (Å²) in [6, 6.07) is 0. The summed E-state index contributed by atoms with van der Waals surface area (Å²) in [5, 5.41) is 0. The maximum absolute atomic E-state index is 10.9. The molecule has 0 heterocycles. The predicted octanol–water partition coefficient (Wildman–Crippen LogP) is 5.81. The Kier molecular flexibility index (Phi) is 15.6. The summed E-state index contributed by atoms with van der Waals surface area (Å²) in [4.78, 5) is 10.9. The molecule has 2 heteroatoms. The monoisotopic (exact) mass is 282 g/mol. The van der Waals surface area contributed by atoms with Gasteiger partial charge in [-0.2, -0.15) is 0 Å². The summed E-state index contributed by atoms with van der Waals surface area (Å²) in [6.07, 6.45) is 20.5. The van der Waals surface area contributed by atoms with Crippen LogP contribution in [0.25, 0.3) is 0 Å². The molecule has 0 aromatic heterocycles. The first-order valence-electron chi connectivity index (χ1n) is 8.53. The van der Waals surface area contributed by atoms with Crippen LogP contribution in [0.1, 0.15) is 90.4 Å². The first-order valence-corrected chi connectivity index (χ1v) is 8.53. The number of esters is 1. The second-order valence-electron chi connectivity index (χ2n) is 5.56. The summed E-state index contributed by atoms with van der Waals surface area (Å²) in [7, 11) is 1.46. The molecule has 0 amide bonds. The smallest absolute Gasteiger partial charge is 0.305 e. The number of hydrogen-bond donors (Lipinski definition) is 0. The number of ether oxygens (including phenoxy) is 1. The lowest BCUT2D eigenvalue weighted by Gasteiger charge is -2.00. The lowest BCUT2D eigenvalue weighted by atomic mass is 10.1. The van der Waals surface area contributed by atoms with Crippen molar-refractivity contribution in [2.75, 3.05) is 7.11 Å². The van der Waals surface area contributed by atoms with E-state index in [1.54, 1.807) is 0 Å². The molecule has 0 saturated carbocycles. The molecule has 0 aliphatic carbocycles. The number of allylic oxidation sites excluding steroid dienone is 2. The van der Waals surface area contributed by atoms with Crippen LogP contribution in [0.3, 0.4) is 0 Å². The molecule has 0 saturated heterocycles. The molecule has 0 aliphatic rings. The Bertz CT molecular complexity index is 234. The van der Waals surface area contributed by atoms with Crippen LogP contribution in [0, 0.1) is 0 Å². The SMILES string of the molecule is CCCCCCC/C=C/CCCCCCCC(=O)OC. The standard InChI is InChI=1S/C18H34O2/c1-3-4-5-6-7-8-9-10-11-12-13-14-15-16-17-18(19)20-2/h9-10H,3-8,11-17H2,1-2H3/b10-9+. The molecule has 20 heavy (non-hydrogen) atoms.